The molecule has 0 bridgehead atoms. The zero-order valence-corrected chi connectivity index (χ0v) is 27.9. The molecule has 0 radical (unpaired) electrons. The number of carbonyl (C=O) groups excluding carboxylic acids is 1. The number of allylic oxidation sites excluding steroid dienone is 3. The van der Waals surface area contributed by atoms with Gasteiger partial charge in [-0.2, -0.15) is 0 Å². The minimum absolute atomic E-state index is 0.000520. The van der Waals surface area contributed by atoms with Crippen molar-refractivity contribution in [3.8, 4) is 46.0 Å². The maximum atomic E-state index is 14.2. The van der Waals surface area contributed by atoms with Crippen LogP contribution in [0.3, 0.4) is 0 Å². The number of hydrogen-bond donors (Lipinski definition) is 5. The number of hydrogen-bond acceptors (Lipinski definition) is 9. The van der Waals surface area contributed by atoms with Gasteiger partial charge in [0.2, 0.25) is 0 Å². The summed E-state index contributed by atoms with van der Waals surface area (Å²) in [6.45, 7) is 10.3. The minimum Gasteiger partial charge on any atom is -0.508 e. The highest BCUT2D eigenvalue weighted by Gasteiger charge is 2.46. The van der Waals surface area contributed by atoms with Crippen molar-refractivity contribution in [2.24, 2.45) is 5.92 Å². The third-order valence-electron chi connectivity index (χ3n) is 9.31. The number of phenolic OH excluding ortho intramolecular Hbond substituents is 5. The summed E-state index contributed by atoms with van der Waals surface area (Å²) in [7, 11) is 1.47. The molecule has 2 aliphatic rings. The van der Waals surface area contributed by atoms with E-state index in [4.69, 9.17) is 14.2 Å². The van der Waals surface area contributed by atoms with Gasteiger partial charge in [0.05, 0.1) is 19.4 Å². The van der Waals surface area contributed by atoms with E-state index in [0.29, 0.717) is 52.2 Å². The van der Waals surface area contributed by atoms with Gasteiger partial charge in [-0.15, -0.1) is 0 Å². The lowest BCUT2D eigenvalue weighted by molar-refractivity contribution is 0.0838. The molecule has 2 heterocycles. The summed E-state index contributed by atoms with van der Waals surface area (Å²) in [4.78, 5) is 14.2. The summed E-state index contributed by atoms with van der Waals surface area (Å²) < 4.78 is 19.0. The molecule has 2 aliphatic heterocycles. The summed E-state index contributed by atoms with van der Waals surface area (Å²) in [5.74, 6) is -0.950. The van der Waals surface area contributed by atoms with Crippen LogP contribution < -0.4 is 14.2 Å². The lowest BCUT2D eigenvalue weighted by Crippen LogP contribution is -2.23. The molecule has 9 nitrogen and oxygen atoms in total. The molecule has 0 saturated heterocycles. The van der Waals surface area contributed by atoms with Crippen molar-refractivity contribution in [1.82, 2.24) is 0 Å². The summed E-state index contributed by atoms with van der Waals surface area (Å²) in [5, 5.41) is 53.3. The number of Topliss-reactive ketones (excluding diaryl/α,β-unsaturated/α-hetero) is 1. The third-order valence-corrected chi connectivity index (χ3v) is 9.31. The molecule has 0 fully saturated rings. The molecule has 254 valence electrons. The van der Waals surface area contributed by atoms with Gasteiger partial charge in [-0.25, -0.2) is 0 Å². The quantitative estimate of drug-likeness (QED) is 0.112. The molecule has 4 aromatic rings. The van der Waals surface area contributed by atoms with Crippen molar-refractivity contribution in [2.45, 2.75) is 58.2 Å². The van der Waals surface area contributed by atoms with E-state index in [9.17, 15) is 30.3 Å². The highest BCUT2D eigenvalue weighted by Crippen LogP contribution is 2.60. The Morgan fingerprint density at radius 2 is 1.55 bits per heavy atom. The first-order valence-electron chi connectivity index (χ1n) is 16.1. The molecule has 9 heteroatoms. The Morgan fingerprint density at radius 1 is 0.878 bits per heavy atom. The SMILES string of the molecule is C=C(C)[C@H](CC=C(C)C)Cc1c2c(c(O)c3c1O[C@H](c1ccc(O)cc1)[C@H]3c1cc(O)cc(O)c1)C(=O)C[C@@H](c1ccc(O)cc1OC)O2. The van der Waals surface area contributed by atoms with Crippen LogP contribution in [-0.2, 0) is 6.42 Å². The van der Waals surface area contributed by atoms with Crippen LogP contribution in [0, 0.1) is 5.92 Å². The summed E-state index contributed by atoms with van der Waals surface area (Å²) in [6.07, 6.45) is 1.46. The van der Waals surface area contributed by atoms with Gasteiger partial charge in [-0.1, -0.05) is 35.9 Å². The summed E-state index contributed by atoms with van der Waals surface area (Å²) in [5.41, 5.74) is 4.65. The maximum absolute atomic E-state index is 14.2. The number of ether oxygens (including phenoxy) is 3. The zero-order valence-electron chi connectivity index (χ0n) is 27.9. The molecular formula is C40H40O9. The molecule has 0 saturated carbocycles. The molecular weight excluding hydrogens is 624 g/mol. The highest BCUT2D eigenvalue weighted by atomic mass is 16.5. The van der Waals surface area contributed by atoms with Crippen LogP contribution >= 0.6 is 0 Å². The van der Waals surface area contributed by atoms with E-state index in [1.54, 1.807) is 18.2 Å². The van der Waals surface area contributed by atoms with Crippen LogP contribution in [0.1, 0.15) is 89.9 Å². The van der Waals surface area contributed by atoms with Gasteiger partial charge in [0.1, 0.15) is 63.8 Å². The largest absolute Gasteiger partial charge is 0.508 e. The highest BCUT2D eigenvalue weighted by molar-refractivity contribution is 6.04. The fourth-order valence-corrected chi connectivity index (χ4v) is 6.85. The van der Waals surface area contributed by atoms with Crippen molar-refractivity contribution < 1.29 is 44.5 Å². The average Bonchev–Trinajstić information content (AvgIpc) is 3.44. The number of benzene rings is 4. The topological polar surface area (TPSA) is 146 Å². The Hall–Kier alpha value is -5.57. The number of ketones is 1. The zero-order chi connectivity index (χ0) is 35.1. The van der Waals surface area contributed by atoms with E-state index in [-0.39, 0.29) is 58.2 Å². The lowest BCUT2D eigenvalue weighted by Gasteiger charge is -2.31. The van der Waals surface area contributed by atoms with Gasteiger partial charge in [0.25, 0.3) is 0 Å². The Bertz CT molecular complexity index is 1950. The van der Waals surface area contributed by atoms with Crippen molar-refractivity contribution in [1.29, 1.82) is 0 Å². The fourth-order valence-electron chi connectivity index (χ4n) is 6.85. The van der Waals surface area contributed by atoms with E-state index >= 15 is 0 Å². The van der Waals surface area contributed by atoms with Crippen molar-refractivity contribution in [2.75, 3.05) is 7.11 Å². The van der Waals surface area contributed by atoms with E-state index in [0.717, 1.165) is 11.1 Å². The van der Waals surface area contributed by atoms with Gasteiger partial charge < -0.3 is 39.7 Å². The lowest BCUT2D eigenvalue weighted by atomic mass is 9.80. The van der Waals surface area contributed by atoms with Gasteiger partial charge in [-0.3, -0.25) is 4.79 Å². The van der Waals surface area contributed by atoms with Crippen molar-refractivity contribution in [3.63, 3.8) is 0 Å². The van der Waals surface area contributed by atoms with Crippen LogP contribution in [0.4, 0.5) is 0 Å². The van der Waals surface area contributed by atoms with Gasteiger partial charge >= 0.3 is 0 Å². The van der Waals surface area contributed by atoms with Crippen LogP contribution in [-0.4, -0.2) is 38.4 Å². The third kappa shape index (κ3) is 6.36. The normalized spacial score (nSPS) is 18.4. The molecule has 0 aliphatic carbocycles. The Morgan fingerprint density at radius 3 is 2.18 bits per heavy atom. The predicted octanol–water partition coefficient (Wildman–Crippen LogP) is 8.29. The van der Waals surface area contributed by atoms with E-state index in [1.165, 1.54) is 49.6 Å². The van der Waals surface area contributed by atoms with Crippen molar-refractivity contribution in [3.05, 3.63) is 118 Å². The van der Waals surface area contributed by atoms with Crippen LogP contribution in [0.15, 0.2) is 84.5 Å². The monoisotopic (exact) mass is 664 g/mol. The first kappa shape index (κ1) is 33.3. The summed E-state index contributed by atoms with van der Waals surface area (Å²) in [6, 6.07) is 15.3. The van der Waals surface area contributed by atoms with Gasteiger partial charge in [-0.05, 0) is 87.1 Å². The molecule has 4 aromatic carbocycles. The smallest absolute Gasteiger partial charge is 0.174 e. The second-order valence-electron chi connectivity index (χ2n) is 13.1. The molecule has 0 aromatic heterocycles. The maximum Gasteiger partial charge on any atom is 0.174 e. The van der Waals surface area contributed by atoms with Crippen molar-refractivity contribution >= 4 is 5.78 Å². The second kappa shape index (κ2) is 13.1. The number of fused-ring (bicyclic) bond motifs is 2. The van der Waals surface area contributed by atoms with Crippen LogP contribution in [0.5, 0.6) is 46.0 Å². The number of rotatable bonds is 9. The predicted molar refractivity (Wildman–Crippen MR) is 184 cm³/mol. The standard InChI is InChI=1S/C40H40O9/c1-20(2)6-7-23(21(3)4)16-30-39-35(31(45)19-33(48-39)29-13-12-26(42)18-32(29)47-5)37(46)36-34(24-14-27(43)17-28(44)15-24)38(49-40(30)36)22-8-10-25(41)11-9-22/h6,8-15,17-18,23,33-34,38,41-44,46H,3,7,16,19H2,1-2,4-5H3/t23-,33+,34+,38-/m1/s1. The number of methoxy groups -OCH3 is 1. The first-order chi connectivity index (χ1) is 23.4. The van der Waals surface area contributed by atoms with E-state index < -0.39 is 18.1 Å². The molecule has 49 heavy (non-hydrogen) atoms. The molecule has 6 rings (SSSR count). The molecule has 4 atom stereocenters. The van der Waals surface area contributed by atoms with E-state index in [1.807, 2.05) is 20.8 Å². The van der Waals surface area contributed by atoms with Crippen LogP contribution in [0.2, 0.25) is 0 Å². The second-order valence-corrected chi connectivity index (χ2v) is 13.1. The fraction of sp³-hybridized carbons (Fsp3) is 0.275. The first-order valence-corrected chi connectivity index (χ1v) is 16.1. The minimum atomic E-state index is -0.791. The molecule has 0 spiro atoms. The number of carbonyl (C=O) groups is 1. The Kier molecular flexibility index (Phi) is 8.94. The molecule has 0 amide bonds. The number of phenols is 5. The molecule has 5 N–H and O–H groups in total. The summed E-state index contributed by atoms with van der Waals surface area (Å²) >= 11 is 0. The Balaban J connectivity index is 1.61. The van der Waals surface area contributed by atoms with Gasteiger partial charge in [0, 0.05) is 28.8 Å². The van der Waals surface area contributed by atoms with E-state index in [2.05, 4.69) is 12.7 Å². The molecule has 0 unspecified atom stereocenters. The van der Waals surface area contributed by atoms with Crippen LogP contribution in [0.25, 0.3) is 0 Å². The Labute approximate surface area is 285 Å². The number of aromatic hydroxyl groups is 5. The average molecular weight is 665 g/mol. The van der Waals surface area contributed by atoms with Gasteiger partial charge in [0.15, 0.2) is 5.78 Å².